The highest BCUT2D eigenvalue weighted by molar-refractivity contribution is 6.20. The molecule has 0 aliphatic heterocycles. The van der Waals surface area contributed by atoms with Gasteiger partial charge in [0, 0.05) is 44.0 Å². The highest BCUT2D eigenvalue weighted by Crippen LogP contribution is 2.38. The summed E-state index contributed by atoms with van der Waals surface area (Å²) in [6, 6.07) is 55.7. The van der Waals surface area contributed by atoms with Gasteiger partial charge in [-0.05, 0) is 29.7 Å². The number of benzene rings is 6. The summed E-state index contributed by atoms with van der Waals surface area (Å²) in [4.78, 5) is 25.4. The number of nitrogens with zero attached hydrogens (tertiary/aromatic N) is 5. The Kier molecular flexibility index (Phi) is 6.72. The van der Waals surface area contributed by atoms with Crippen LogP contribution in [0.25, 0.3) is 89.3 Å². The number of hydrogen-bond acceptors (Lipinski definition) is 5. The average Bonchev–Trinajstić information content (AvgIpc) is 3.18. The fourth-order valence-electron chi connectivity index (χ4n) is 6.33. The first-order valence-corrected chi connectivity index (χ1v) is 15.9. The SMILES string of the molecule is c1ccc(-c2ccc3ccc4c5cc(-c6nc(-c7ccccc7)nc(-c7ccccc7)n6)ccc5nc(-c5ccccc5)c4c3n2)cc1. The summed E-state index contributed by atoms with van der Waals surface area (Å²) < 4.78 is 0. The molecule has 9 rings (SSSR count). The Morgan fingerprint density at radius 1 is 0.333 bits per heavy atom. The number of rotatable bonds is 5. The highest BCUT2D eigenvalue weighted by Gasteiger charge is 2.18. The van der Waals surface area contributed by atoms with Crippen molar-refractivity contribution < 1.29 is 0 Å². The molecular formula is C43H27N5. The van der Waals surface area contributed by atoms with Crippen molar-refractivity contribution in [3.05, 3.63) is 164 Å². The minimum atomic E-state index is 0.607. The summed E-state index contributed by atoms with van der Waals surface area (Å²) in [5, 5.41) is 4.17. The zero-order chi connectivity index (χ0) is 31.9. The lowest BCUT2D eigenvalue weighted by Gasteiger charge is -2.14. The van der Waals surface area contributed by atoms with Crippen molar-refractivity contribution in [3.8, 4) is 56.7 Å². The van der Waals surface area contributed by atoms with Crippen molar-refractivity contribution in [2.24, 2.45) is 0 Å². The topological polar surface area (TPSA) is 64.5 Å². The molecule has 0 aliphatic carbocycles. The van der Waals surface area contributed by atoms with Crippen LogP contribution in [0.5, 0.6) is 0 Å². The molecule has 0 amide bonds. The van der Waals surface area contributed by atoms with Gasteiger partial charge in [0.05, 0.1) is 22.4 Å². The number of pyridine rings is 2. The summed E-state index contributed by atoms with van der Waals surface area (Å²) in [7, 11) is 0. The quantitative estimate of drug-likeness (QED) is 0.181. The fourth-order valence-corrected chi connectivity index (χ4v) is 6.33. The van der Waals surface area contributed by atoms with E-state index in [0.717, 1.165) is 71.8 Å². The molecule has 0 bridgehead atoms. The maximum atomic E-state index is 5.30. The van der Waals surface area contributed by atoms with Gasteiger partial charge in [-0.1, -0.05) is 140 Å². The summed E-state index contributed by atoms with van der Waals surface area (Å²) in [6.07, 6.45) is 0. The van der Waals surface area contributed by atoms with E-state index in [4.69, 9.17) is 24.9 Å². The maximum Gasteiger partial charge on any atom is 0.164 e. The Balaban J connectivity index is 1.31. The monoisotopic (exact) mass is 613 g/mol. The van der Waals surface area contributed by atoms with Gasteiger partial charge in [-0.15, -0.1) is 0 Å². The van der Waals surface area contributed by atoms with Gasteiger partial charge in [0.15, 0.2) is 17.5 Å². The summed E-state index contributed by atoms with van der Waals surface area (Å²) in [5.41, 5.74) is 8.53. The van der Waals surface area contributed by atoms with Crippen molar-refractivity contribution in [2.45, 2.75) is 0 Å². The second-order valence-corrected chi connectivity index (χ2v) is 11.7. The van der Waals surface area contributed by atoms with Crippen LogP contribution in [0.4, 0.5) is 0 Å². The highest BCUT2D eigenvalue weighted by atomic mass is 15.0. The standard InChI is InChI=1S/C43H27N5/c1-5-13-28(14-6-1)36-25-22-30-21-24-34-35-27-33(23-26-37(35)45-39(38(34)40(30)44-36)29-15-7-2-8-16-29)43-47-41(31-17-9-3-10-18-31)46-42(48-43)32-19-11-4-12-20-32/h1-27H. The number of aromatic nitrogens is 5. The van der Waals surface area contributed by atoms with Gasteiger partial charge in [-0.25, -0.2) is 24.9 Å². The molecule has 0 spiro atoms. The molecule has 0 atom stereocenters. The molecular weight excluding hydrogens is 587 g/mol. The van der Waals surface area contributed by atoms with Gasteiger partial charge >= 0.3 is 0 Å². The Morgan fingerprint density at radius 3 is 1.46 bits per heavy atom. The molecule has 3 aromatic heterocycles. The van der Waals surface area contributed by atoms with Crippen molar-refractivity contribution in [3.63, 3.8) is 0 Å². The summed E-state index contributed by atoms with van der Waals surface area (Å²) in [5.74, 6) is 1.87. The average molecular weight is 614 g/mol. The Hall–Kier alpha value is -6.59. The van der Waals surface area contributed by atoms with Crippen LogP contribution in [0, 0.1) is 0 Å². The number of fused-ring (bicyclic) bond motifs is 5. The molecule has 0 radical (unpaired) electrons. The lowest BCUT2D eigenvalue weighted by atomic mass is 9.96. The fraction of sp³-hybridized carbons (Fsp3) is 0. The summed E-state index contributed by atoms with van der Waals surface area (Å²) in [6.45, 7) is 0. The van der Waals surface area contributed by atoms with E-state index < -0.39 is 0 Å². The lowest BCUT2D eigenvalue weighted by molar-refractivity contribution is 1.07. The van der Waals surface area contributed by atoms with Crippen LogP contribution in [-0.2, 0) is 0 Å². The third-order valence-electron chi connectivity index (χ3n) is 8.69. The van der Waals surface area contributed by atoms with E-state index in [0.29, 0.717) is 17.5 Å². The molecule has 0 saturated heterocycles. The summed E-state index contributed by atoms with van der Waals surface area (Å²) >= 11 is 0. The van der Waals surface area contributed by atoms with Crippen LogP contribution in [0.1, 0.15) is 0 Å². The molecule has 5 heteroatoms. The molecule has 224 valence electrons. The lowest BCUT2D eigenvalue weighted by Crippen LogP contribution is -2.00. The van der Waals surface area contributed by atoms with E-state index in [1.165, 1.54) is 0 Å². The molecule has 0 fully saturated rings. The van der Waals surface area contributed by atoms with Gasteiger partial charge in [0.25, 0.3) is 0 Å². The zero-order valence-corrected chi connectivity index (χ0v) is 25.8. The van der Waals surface area contributed by atoms with Crippen LogP contribution in [-0.4, -0.2) is 24.9 Å². The van der Waals surface area contributed by atoms with Gasteiger partial charge in [0.1, 0.15) is 0 Å². The van der Waals surface area contributed by atoms with E-state index in [2.05, 4.69) is 78.9 Å². The largest absolute Gasteiger partial charge is 0.247 e. The second kappa shape index (κ2) is 11.6. The Morgan fingerprint density at radius 2 is 0.854 bits per heavy atom. The Bertz CT molecular complexity index is 2530. The first-order valence-electron chi connectivity index (χ1n) is 15.9. The molecule has 0 unspecified atom stereocenters. The molecule has 5 nitrogen and oxygen atoms in total. The van der Waals surface area contributed by atoms with Crippen LogP contribution in [0.15, 0.2) is 164 Å². The third kappa shape index (κ3) is 4.95. The van der Waals surface area contributed by atoms with E-state index in [1.54, 1.807) is 0 Å². The van der Waals surface area contributed by atoms with Crippen molar-refractivity contribution >= 4 is 32.6 Å². The first kappa shape index (κ1) is 27.7. The zero-order valence-electron chi connectivity index (χ0n) is 25.8. The van der Waals surface area contributed by atoms with Crippen molar-refractivity contribution in [2.75, 3.05) is 0 Å². The molecule has 0 N–H and O–H groups in total. The molecule has 0 saturated carbocycles. The smallest absolute Gasteiger partial charge is 0.164 e. The van der Waals surface area contributed by atoms with E-state index in [-0.39, 0.29) is 0 Å². The third-order valence-corrected chi connectivity index (χ3v) is 8.69. The normalized spacial score (nSPS) is 11.3. The minimum absolute atomic E-state index is 0.607. The van der Waals surface area contributed by atoms with Crippen LogP contribution in [0.2, 0.25) is 0 Å². The van der Waals surface area contributed by atoms with Crippen molar-refractivity contribution in [1.29, 1.82) is 0 Å². The van der Waals surface area contributed by atoms with Gasteiger partial charge in [0.2, 0.25) is 0 Å². The van der Waals surface area contributed by atoms with Crippen LogP contribution >= 0.6 is 0 Å². The molecule has 3 heterocycles. The van der Waals surface area contributed by atoms with Crippen LogP contribution < -0.4 is 0 Å². The van der Waals surface area contributed by atoms with Crippen molar-refractivity contribution in [1.82, 2.24) is 24.9 Å². The van der Waals surface area contributed by atoms with E-state index in [1.807, 2.05) is 84.9 Å². The van der Waals surface area contributed by atoms with E-state index >= 15 is 0 Å². The molecule has 48 heavy (non-hydrogen) atoms. The first-order chi connectivity index (χ1) is 23.8. The van der Waals surface area contributed by atoms with Crippen LogP contribution in [0.3, 0.4) is 0 Å². The van der Waals surface area contributed by atoms with Gasteiger partial charge < -0.3 is 0 Å². The minimum Gasteiger partial charge on any atom is -0.247 e. The second-order valence-electron chi connectivity index (χ2n) is 11.7. The molecule has 6 aromatic carbocycles. The molecule has 0 aliphatic rings. The van der Waals surface area contributed by atoms with Gasteiger partial charge in [-0.2, -0.15) is 0 Å². The predicted molar refractivity (Wildman–Crippen MR) is 195 cm³/mol. The maximum absolute atomic E-state index is 5.30. The predicted octanol–water partition coefficient (Wildman–Crippen LogP) is 10.5. The van der Waals surface area contributed by atoms with Gasteiger partial charge in [-0.3, -0.25) is 0 Å². The Labute approximate surface area is 277 Å². The number of hydrogen-bond donors (Lipinski definition) is 0. The van der Waals surface area contributed by atoms with E-state index in [9.17, 15) is 0 Å². The molecule has 9 aromatic rings.